The highest BCUT2D eigenvalue weighted by Crippen LogP contribution is 2.20. The van der Waals surface area contributed by atoms with Gasteiger partial charge in [0.1, 0.15) is 0 Å². The maximum absolute atomic E-state index is 12.3. The smallest absolute Gasteiger partial charge is 0.307 e. The molecule has 0 atom stereocenters. The van der Waals surface area contributed by atoms with Gasteiger partial charge in [0.25, 0.3) is 11.8 Å². The van der Waals surface area contributed by atoms with Gasteiger partial charge in [-0.15, -0.1) is 0 Å². The Labute approximate surface area is 167 Å². The summed E-state index contributed by atoms with van der Waals surface area (Å²) in [5.41, 5.74) is 1.28. The first-order valence-corrected chi connectivity index (χ1v) is 8.75. The standard InChI is InChI=1S/C19H18Cl2N2O4/c1-23(8-7-17(24)27-2)19(26)12-3-5-16(6-4-12)22-18(25)13-9-14(20)11-15(21)10-13/h3-6,9-11H,7-8H2,1-2H3,(H,22,25). The van der Waals surface area contributed by atoms with E-state index in [1.165, 1.54) is 30.2 Å². The van der Waals surface area contributed by atoms with Crippen molar-refractivity contribution < 1.29 is 19.1 Å². The Morgan fingerprint density at radius 2 is 1.59 bits per heavy atom. The highest BCUT2D eigenvalue weighted by molar-refractivity contribution is 6.35. The lowest BCUT2D eigenvalue weighted by Crippen LogP contribution is -2.29. The molecule has 0 radical (unpaired) electrons. The van der Waals surface area contributed by atoms with E-state index in [1.54, 1.807) is 31.3 Å². The van der Waals surface area contributed by atoms with E-state index in [1.807, 2.05) is 0 Å². The van der Waals surface area contributed by atoms with Crippen molar-refractivity contribution in [3.05, 3.63) is 63.6 Å². The number of esters is 1. The van der Waals surface area contributed by atoms with Crippen LogP contribution in [0.1, 0.15) is 27.1 Å². The van der Waals surface area contributed by atoms with Gasteiger partial charge in [-0.2, -0.15) is 0 Å². The fourth-order valence-electron chi connectivity index (χ4n) is 2.27. The van der Waals surface area contributed by atoms with Gasteiger partial charge in [0, 0.05) is 40.5 Å². The van der Waals surface area contributed by atoms with Crippen molar-refractivity contribution in [2.24, 2.45) is 0 Å². The number of carbonyl (C=O) groups is 3. The van der Waals surface area contributed by atoms with Crippen molar-refractivity contribution in [3.63, 3.8) is 0 Å². The topological polar surface area (TPSA) is 75.7 Å². The van der Waals surface area contributed by atoms with Gasteiger partial charge in [0.15, 0.2) is 0 Å². The molecule has 0 saturated carbocycles. The van der Waals surface area contributed by atoms with Crippen molar-refractivity contribution in [1.82, 2.24) is 4.90 Å². The number of nitrogens with one attached hydrogen (secondary N) is 1. The minimum absolute atomic E-state index is 0.120. The number of benzene rings is 2. The molecule has 0 heterocycles. The van der Waals surface area contributed by atoms with E-state index >= 15 is 0 Å². The Hall–Kier alpha value is -2.57. The summed E-state index contributed by atoms with van der Waals surface area (Å²) < 4.78 is 4.56. The number of carbonyl (C=O) groups excluding carboxylic acids is 3. The number of halogens is 2. The highest BCUT2D eigenvalue weighted by Gasteiger charge is 2.14. The number of anilines is 1. The molecule has 1 N–H and O–H groups in total. The van der Waals surface area contributed by atoms with E-state index < -0.39 is 0 Å². The Kier molecular flexibility index (Phi) is 7.21. The quantitative estimate of drug-likeness (QED) is 0.735. The van der Waals surface area contributed by atoms with E-state index in [4.69, 9.17) is 23.2 Å². The number of methoxy groups -OCH3 is 1. The van der Waals surface area contributed by atoms with Crippen molar-refractivity contribution in [3.8, 4) is 0 Å². The molecule has 0 fully saturated rings. The molecule has 142 valence electrons. The predicted molar refractivity (Wildman–Crippen MR) is 104 cm³/mol. The van der Waals surface area contributed by atoms with Crippen LogP contribution in [0.3, 0.4) is 0 Å². The van der Waals surface area contributed by atoms with Gasteiger partial charge in [-0.05, 0) is 42.5 Å². The van der Waals surface area contributed by atoms with Gasteiger partial charge < -0.3 is 15.0 Å². The molecule has 2 aromatic rings. The Morgan fingerprint density at radius 3 is 2.15 bits per heavy atom. The van der Waals surface area contributed by atoms with Gasteiger partial charge in [-0.3, -0.25) is 14.4 Å². The van der Waals surface area contributed by atoms with Gasteiger partial charge in [0.05, 0.1) is 13.5 Å². The van der Waals surface area contributed by atoms with Crippen LogP contribution in [0.5, 0.6) is 0 Å². The van der Waals surface area contributed by atoms with E-state index in [0.717, 1.165) is 0 Å². The van der Waals surface area contributed by atoms with Crippen LogP contribution in [0, 0.1) is 0 Å². The zero-order valence-electron chi connectivity index (χ0n) is 14.8. The monoisotopic (exact) mass is 408 g/mol. The minimum Gasteiger partial charge on any atom is -0.469 e. The van der Waals surface area contributed by atoms with E-state index in [0.29, 0.717) is 26.9 Å². The Balaban J connectivity index is 2.00. The molecule has 0 aliphatic rings. The third-order valence-electron chi connectivity index (χ3n) is 3.74. The highest BCUT2D eigenvalue weighted by atomic mass is 35.5. The summed E-state index contributed by atoms with van der Waals surface area (Å²) in [6, 6.07) is 11.0. The van der Waals surface area contributed by atoms with Crippen molar-refractivity contribution >= 4 is 46.7 Å². The molecule has 0 aliphatic heterocycles. The molecule has 2 rings (SSSR count). The summed E-state index contributed by atoms with van der Waals surface area (Å²) in [7, 11) is 2.90. The second kappa shape index (κ2) is 9.39. The average Bonchev–Trinajstić information content (AvgIpc) is 2.65. The second-order valence-electron chi connectivity index (χ2n) is 5.74. The molecule has 0 bridgehead atoms. The molecule has 27 heavy (non-hydrogen) atoms. The zero-order chi connectivity index (χ0) is 20.0. The maximum atomic E-state index is 12.3. The summed E-state index contributed by atoms with van der Waals surface area (Å²) in [5.74, 6) is -0.985. The summed E-state index contributed by atoms with van der Waals surface area (Å²) >= 11 is 11.8. The summed E-state index contributed by atoms with van der Waals surface area (Å²) in [4.78, 5) is 37.2. The molecule has 0 aliphatic carbocycles. The average molecular weight is 409 g/mol. The molecule has 2 amide bonds. The summed E-state index contributed by atoms with van der Waals surface area (Å²) in [6.07, 6.45) is 0.120. The largest absolute Gasteiger partial charge is 0.469 e. The van der Waals surface area contributed by atoms with E-state index in [2.05, 4.69) is 10.1 Å². The first-order chi connectivity index (χ1) is 12.8. The third kappa shape index (κ3) is 5.98. The summed E-state index contributed by atoms with van der Waals surface area (Å²) in [5, 5.41) is 3.44. The number of hydrogen-bond donors (Lipinski definition) is 1. The number of ether oxygens (including phenoxy) is 1. The van der Waals surface area contributed by atoms with Crippen molar-refractivity contribution in [2.45, 2.75) is 6.42 Å². The summed E-state index contributed by atoms with van der Waals surface area (Å²) in [6.45, 7) is 0.250. The molecule has 0 aromatic heterocycles. The van der Waals surface area contributed by atoms with Crippen molar-refractivity contribution in [2.75, 3.05) is 26.0 Å². The molecule has 6 nitrogen and oxygen atoms in total. The van der Waals surface area contributed by atoms with E-state index in [9.17, 15) is 14.4 Å². The fourth-order valence-corrected chi connectivity index (χ4v) is 2.79. The van der Waals surface area contributed by atoms with Crippen LogP contribution in [0.15, 0.2) is 42.5 Å². The van der Waals surface area contributed by atoms with Crippen LogP contribution in [0.25, 0.3) is 0 Å². The maximum Gasteiger partial charge on any atom is 0.307 e. The predicted octanol–water partition coefficient (Wildman–Crippen LogP) is 3.88. The number of amides is 2. The fraction of sp³-hybridized carbons (Fsp3) is 0.211. The third-order valence-corrected chi connectivity index (χ3v) is 4.18. The van der Waals surface area contributed by atoms with Gasteiger partial charge in [-0.25, -0.2) is 0 Å². The number of nitrogens with zero attached hydrogens (tertiary/aromatic N) is 1. The van der Waals surface area contributed by atoms with Crippen LogP contribution in [0.2, 0.25) is 10.0 Å². The lowest BCUT2D eigenvalue weighted by Gasteiger charge is -2.16. The van der Waals surface area contributed by atoms with Crippen LogP contribution < -0.4 is 5.32 Å². The first-order valence-electron chi connectivity index (χ1n) is 8.00. The lowest BCUT2D eigenvalue weighted by atomic mass is 10.1. The molecule has 2 aromatic carbocycles. The van der Waals surface area contributed by atoms with Gasteiger partial charge in [0.2, 0.25) is 0 Å². The lowest BCUT2D eigenvalue weighted by molar-refractivity contribution is -0.140. The molecule has 8 heteroatoms. The Bertz CT molecular complexity index is 833. The van der Waals surface area contributed by atoms with E-state index in [-0.39, 0.29) is 30.7 Å². The second-order valence-corrected chi connectivity index (χ2v) is 6.62. The van der Waals surface area contributed by atoms with Crippen LogP contribution in [-0.4, -0.2) is 43.4 Å². The number of rotatable bonds is 6. The van der Waals surface area contributed by atoms with Crippen LogP contribution in [0.4, 0.5) is 5.69 Å². The number of hydrogen-bond acceptors (Lipinski definition) is 4. The van der Waals surface area contributed by atoms with Crippen LogP contribution >= 0.6 is 23.2 Å². The molecular formula is C19H18Cl2N2O4. The van der Waals surface area contributed by atoms with Crippen molar-refractivity contribution in [1.29, 1.82) is 0 Å². The minimum atomic E-state index is -0.381. The SMILES string of the molecule is COC(=O)CCN(C)C(=O)c1ccc(NC(=O)c2cc(Cl)cc(Cl)c2)cc1. The molecule has 0 unspecified atom stereocenters. The van der Waals surface area contributed by atoms with Gasteiger partial charge in [-0.1, -0.05) is 23.2 Å². The zero-order valence-corrected chi connectivity index (χ0v) is 16.3. The van der Waals surface area contributed by atoms with Crippen LogP contribution in [-0.2, 0) is 9.53 Å². The van der Waals surface area contributed by atoms with Gasteiger partial charge >= 0.3 is 5.97 Å². The Morgan fingerprint density at radius 1 is 1.00 bits per heavy atom. The normalized spacial score (nSPS) is 10.2. The molecule has 0 spiro atoms. The molecule has 0 saturated heterocycles. The molecular weight excluding hydrogens is 391 g/mol. The first kappa shape index (κ1) is 20.7.